The van der Waals surface area contributed by atoms with Gasteiger partial charge in [0.05, 0.1) is 10.2 Å². The Hall–Kier alpha value is -2.60. The molecule has 0 aliphatic carbocycles. The maximum absolute atomic E-state index is 13.1. The summed E-state index contributed by atoms with van der Waals surface area (Å²) in [4.78, 5) is 12.1. The van der Waals surface area contributed by atoms with Crippen molar-refractivity contribution in [2.45, 2.75) is 33.4 Å². The molecule has 0 saturated heterocycles. The molecule has 0 atom stereocenters. The first-order valence-electron chi connectivity index (χ1n) is 9.10. The average molecular weight is 508 g/mol. The largest absolute Gasteiger partial charge is 0.490 e. The Morgan fingerprint density at radius 1 is 1.28 bits per heavy atom. The molecule has 0 unspecified atom stereocenters. The van der Waals surface area contributed by atoms with E-state index in [1.54, 1.807) is 18.2 Å². The number of nitrogens with one attached hydrogen (secondary N) is 1. The van der Waals surface area contributed by atoms with Gasteiger partial charge in [-0.3, -0.25) is 4.79 Å². The van der Waals surface area contributed by atoms with Crippen molar-refractivity contribution in [3.8, 4) is 17.6 Å². The molecule has 2 aromatic rings. The highest BCUT2D eigenvalue weighted by Crippen LogP contribution is 2.35. The van der Waals surface area contributed by atoms with Crippen LogP contribution in [0.4, 0.5) is 4.39 Å². The number of nitriles is 1. The third kappa shape index (κ3) is 6.75. The monoisotopic (exact) mass is 508 g/mol. The molecule has 0 heterocycles. The molecule has 1 N–H and O–H groups in total. The van der Waals surface area contributed by atoms with E-state index in [4.69, 9.17) is 9.47 Å². The van der Waals surface area contributed by atoms with Crippen molar-refractivity contribution in [2.75, 3.05) is 6.61 Å². The van der Waals surface area contributed by atoms with E-state index < -0.39 is 5.91 Å². The SMILES string of the molecule is CCOc1cc(/C=C(/C#N)C(=O)NC(C)C)cc(I)c1OCc1ccc(F)cc1. The second kappa shape index (κ2) is 10.8. The van der Waals surface area contributed by atoms with Gasteiger partial charge in [-0.1, -0.05) is 12.1 Å². The van der Waals surface area contributed by atoms with Crippen LogP contribution in [0, 0.1) is 20.7 Å². The zero-order chi connectivity index (χ0) is 21.4. The fourth-order valence-electron chi connectivity index (χ4n) is 2.47. The van der Waals surface area contributed by atoms with Gasteiger partial charge in [-0.05, 0) is 84.8 Å². The van der Waals surface area contributed by atoms with Crippen molar-refractivity contribution in [3.63, 3.8) is 0 Å². The van der Waals surface area contributed by atoms with Crippen LogP contribution in [-0.2, 0) is 11.4 Å². The third-order valence-electron chi connectivity index (χ3n) is 3.72. The molecular formula is C22H22FIN2O3. The van der Waals surface area contributed by atoms with Crippen LogP contribution in [0.25, 0.3) is 6.08 Å². The third-order valence-corrected chi connectivity index (χ3v) is 4.53. The molecule has 0 aliphatic rings. The topological polar surface area (TPSA) is 71.3 Å². The summed E-state index contributed by atoms with van der Waals surface area (Å²) in [5.74, 6) is 0.338. The summed E-state index contributed by atoms with van der Waals surface area (Å²) in [7, 11) is 0. The van der Waals surface area contributed by atoms with E-state index in [0.717, 1.165) is 9.13 Å². The highest BCUT2D eigenvalue weighted by Gasteiger charge is 2.15. The molecule has 29 heavy (non-hydrogen) atoms. The van der Waals surface area contributed by atoms with Crippen LogP contribution < -0.4 is 14.8 Å². The van der Waals surface area contributed by atoms with Crippen LogP contribution in [0.2, 0.25) is 0 Å². The van der Waals surface area contributed by atoms with Crippen molar-refractivity contribution in [1.82, 2.24) is 5.32 Å². The Bertz CT molecular complexity index is 934. The van der Waals surface area contributed by atoms with E-state index in [9.17, 15) is 14.4 Å². The van der Waals surface area contributed by atoms with Gasteiger partial charge in [0, 0.05) is 6.04 Å². The zero-order valence-electron chi connectivity index (χ0n) is 16.5. The number of halogens is 2. The first-order chi connectivity index (χ1) is 13.8. The van der Waals surface area contributed by atoms with E-state index in [1.165, 1.54) is 18.2 Å². The van der Waals surface area contributed by atoms with Gasteiger partial charge in [0.15, 0.2) is 11.5 Å². The number of nitrogens with zero attached hydrogens (tertiary/aromatic N) is 1. The van der Waals surface area contributed by atoms with Crippen LogP contribution in [0.5, 0.6) is 11.5 Å². The number of ether oxygens (including phenoxy) is 2. The van der Waals surface area contributed by atoms with Crippen LogP contribution >= 0.6 is 22.6 Å². The molecule has 0 aliphatic heterocycles. The number of carbonyl (C=O) groups excluding carboxylic acids is 1. The minimum atomic E-state index is -0.424. The van der Waals surface area contributed by atoms with Gasteiger partial charge in [-0.25, -0.2) is 4.39 Å². The Morgan fingerprint density at radius 2 is 1.97 bits per heavy atom. The van der Waals surface area contributed by atoms with Crippen LogP contribution in [0.1, 0.15) is 31.9 Å². The molecule has 2 rings (SSSR count). The summed E-state index contributed by atoms with van der Waals surface area (Å²) in [6.07, 6.45) is 1.52. The molecule has 0 fully saturated rings. The van der Waals surface area contributed by atoms with Gasteiger partial charge in [0.2, 0.25) is 0 Å². The Balaban J connectivity index is 2.30. The van der Waals surface area contributed by atoms with Gasteiger partial charge < -0.3 is 14.8 Å². The summed E-state index contributed by atoms with van der Waals surface area (Å²) in [6.45, 7) is 6.20. The molecule has 152 valence electrons. The molecule has 0 aromatic heterocycles. The second-order valence-electron chi connectivity index (χ2n) is 6.48. The Labute approximate surface area is 183 Å². The van der Waals surface area contributed by atoms with E-state index in [-0.39, 0.29) is 24.0 Å². The highest BCUT2D eigenvalue weighted by molar-refractivity contribution is 14.1. The maximum atomic E-state index is 13.1. The van der Waals surface area contributed by atoms with Crippen molar-refractivity contribution in [1.29, 1.82) is 5.26 Å². The molecule has 0 bridgehead atoms. The smallest absolute Gasteiger partial charge is 0.262 e. The van der Waals surface area contributed by atoms with Gasteiger partial charge in [-0.2, -0.15) is 5.26 Å². The Kier molecular flexibility index (Phi) is 8.46. The molecule has 5 nitrogen and oxygen atoms in total. The lowest BCUT2D eigenvalue weighted by atomic mass is 10.1. The number of hydrogen-bond acceptors (Lipinski definition) is 4. The van der Waals surface area contributed by atoms with Gasteiger partial charge in [0.1, 0.15) is 24.1 Å². The lowest BCUT2D eigenvalue weighted by Gasteiger charge is -2.15. The molecule has 2 aromatic carbocycles. The van der Waals surface area contributed by atoms with E-state index in [0.29, 0.717) is 23.7 Å². The van der Waals surface area contributed by atoms with E-state index in [1.807, 2.05) is 32.9 Å². The van der Waals surface area contributed by atoms with Crippen molar-refractivity contribution in [3.05, 3.63) is 62.5 Å². The highest BCUT2D eigenvalue weighted by atomic mass is 127. The molecule has 0 radical (unpaired) electrons. The first kappa shape index (κ1) is 22.7. The lowest BCUT2D eigenvalue weighted by Crippen LogP contribution is -2.30. The number of hydrogen-bond donors (Lipinski definition) is 1. The second-order valence-corrected chi connectivity index (χ2v) is 7.64. The predicted molar refractivity (Wildman–Crippen MR) is 118 cm³/mol. The molecule has 0 spiro atoms. The van der Waals surface area contributed by atoms with Crippen LogP contribution in [-0.4, -0.2) is 18.6 Å². The molecule has 7 heteroatoms. The van der Waals surface area contributed by atoms with Crippen molar-refractivity contribution in [2.24, 2.45) is 0 Å². The quantitative estimate of drug-likeness (QED) is 0.315. The predicted octanol–water partition coefficient (Wildman–Crippen LogP) is 4.84. The van der Waals surface area contributed by atoms with E-state index >= 15 is 0 Å². The minimum Gasteiger partial charge on any atom is -0.490 e. The summed E-state index contributed by atoms with van der Waals surface area (Å²) in [5.41, 5.74) is 1.49. The first-order valence-corrected chi connectivity index (χ1v) is 10.2. The lowest BCUT2D eigenvalue weighted by molar-refractivity contribution is -0.117. The number of amides is 1. The maximum Gasteiger partial charge on any atom is 0.262 e. The normalized spacial score (nSPS) is 11.1. The number of carbonyl (C=O) groups is 1. The summed E-state index contributed by atoms with van der Waals surface area (Å²) < 4.78 is 25.4. The van der Waals surface area contributed by atoms with E-state index in [2.05, 4.69) is 27.9 Å². The Morgan fingerprint density at radius 3 is 2.55 bits per heavy atom. The van der Waals surface area contributed by atoms with Crippen LogP contribution in [0.3, 0.4) is 0 Å². The molecular weight excluding hydrogens is 486 g/mol. The number of benzene rings is 2. The summed E-state index contributed by atoms with van der Waals surface area (Å²) in [6, 6.07) is 11.5. The standard InChI is InChI=1S/C22H22FIN2O3/c1-4-28-20-11-16(9-17(12-25)22(27)26-14(2)3)10-19(24)21(20)29-13-15-5-7-18(23)8-6-15/h5-11,14H,4,13H2,1-3H3,(H,26,27)/b17-9-. The zero-order valence-corrected chi connectivity index (χ0v) is 18.6. The molecule has 1 amide bonds. The van der Waals surface area contributed by atoms with Crippen LogP contribution in [0.15, 0.2) is 42.0 Å². The fourth-order valence-corrected chi connectivity index (χ4v) is 3.25. The van der Waals surface area contributed by atoms with Gasteiger partial charge in [0.25, 0.3) is 5.91 Å². The van der Waals surface area contributed by atoms with Crippen molar-refractivity contribution >= 4 is 34.6 Å². The van der Waals surface area contributed by atoms with Crippen molar-refractivity contribution < 1.29 is 18.7 Å². The minimum absolute atomic E-state index is 0.0110. The number of rotatable bonds is 8. The van der Waals surface area contributed by atoms with Gasteiger partial charge >= 0.3 is 0 Å². The van der Waals surface area contributed by atoms with Gasteiger partial charge in [-0.15, -0.1) is 0 Å². The molecule has 0 saturated carbocycles. The fraction of sp³-hybridized carbons (Fsp3) is 0.273. The summed E-state index contributed by atoms with van der Waals surface area (Å²) in [5, 5.41) is 12.0. The average Bonchev–Trinajstić information content (AvgIpc) is 2.66. The summed E-state index contributed by atoms with van der Waals surface area (Å²) >= 11 is 2.12.